The summed E-state index contributed by atoms with van der Waals surface area (Å²) in [6.07, 6.45) is 47.7. The zero-order chi connectivity index (χ0) is 47.3. The van der Waals surface area contributed by atoms with Gasteiger partial charge in [0.25, 0.3) is 0 Å². The van der Waals surface area contributed by atoms with Crippen molar-refractivity contribution >= 4 is 19.8 Å². The Morgan fingerprint density at radius 3 is 1.19 bits per heavy atom. The fraction of sp³-hybridized carbons (Fsp3) is 0.963. The van der Waals surface area contributed by atoms with Crippen LogP contribution in [0.2, 0.25) is 0 Å². The molecular formula is C54H109NO8P+. The maximum absolute atomic E-state index is 13.2. The minimum atomic E-state index is -4.40. The molecule has 0 fully saturated rings. The first kappa shape index (κ1) is 63.0. The quantitative estimate of drug-likeness (QED) is 0.0278. The van der Waals surface area contributed by atoms with E-state index in [2.05, 4.69) is 20.8 Å². The average molecular weight is 931 g/mol. The molecule has 2 unspecified atom stereocenters. The zero-order valence-corrected chi connectivity index (χ0v) is 44.4. The van der Waals surface area contributed by atoms with Crippen molar-refractivity contribution in [3.8, 4) is 0 Å². The van der Waals surface area contributed by atoms with Gasteiger partial charge in [-0.3, -0.25) is 18.6 Å². The molecule has 1 N–H and O–H groups in total. The molecule has 0 aromatic heterocycles. The molecule has 382 valence electrons. The van der Waals surface area contributed by atoms with E-state index in [1.807, 2.05) is 21.1 Å². The lowest BCUT2D eigenvalue weighted by Gasteiger charge is -2.24. The Balaban J connectivity index is 4.98. The predicted octanol–water partition coefficient (Wildman–Crippen LogP) is 16.6. The molecule has 0 bridgehead atoms. The lowest BCUT2D eigenvalue weighted by atomic mass is 9.90. The van der Waals surface area contributed by atoms with Crippen LogP contribution >= 0.6 is 7.82 Å². The van der Waals surface area contributed by atoms with Crippen molar-refractivity contribution < 1.29 is 42.1 Å². The average Bonchev–Trinajstić information content (AvgIpc) is 3.25. The van der Waals surface area contributed by atoms with Crippen LogP contribution in [0.15, 0.2) is 0 Å². The van der Waals surface area contributed by atoms with Gasteiger partial charge in [-0.1, -0.05) is 252 Å². The van der Waals surface area contributed by atoms with Crippen molar-refractivity contribution in [3.63, 3.8) is 0 Å². The molecule has 0 aromatic carbocycles. The number of hydrogen-bond acceptors (Lipinski definition) is 7. The lowest BCUT2D eigenvalue weighted by molar-refractivity contribution is -0.870. The van der Waals surface area contributed by atoms with Crippen LogP contribution in [0.5, 0.6) is 0 Å². The third-order valence-electron chi connectivity index (χ3n) is 12.8. The van der Waals surface area contributed by atoms with Crippen LogP contribution in [0, 0.1) is 5.92 Å². The summed E-state index contributed by atoms with van der Waals surface area (Å²) in [4.78, 5) is 36.5. The van der Waals surface area contributed by atoms with Gasteiger partial charge in [0.05, 0.1) is 27.7 Å². The summed E-state index contributed by atoms with van der Waals surface area (Å²) in [6, 6.07) is 0. The first-order valence-corrected chi connectivity index (χ1v) is 29.2. The normalized spacial score (nSPS) is 13.8. The summed E-state index contributed by atoms with van der Waals surface area (Å²) < 4.78 is 35.1. The number of quaternary nitrogens is 1. The van der Waals surface area contributed by atoms with Crippen molar-refractivity contribution in [3.05, 3.63) is 0 Å². The molecule has 0 saturated heterocycles. The molecule has 0 rings (SSSR count). The molecule has 0 heterocycles. The van der Waals surface area contributed by atoms with Crippen LogP contribution in [0.1, 0.15) is 278 Å². The molecule has 0 aliphatic rings. The Morgan fingerprint density at radius 2 is 0.812 bits per heavy atom. The van der Waals surface area contributed by atoms with E-state index in [1.165, 1.54) is 205 Å². The predicted molar refractivity (Wildman–Crippen MR) is 271 cm³/mol. The number of phosphoric ester groups is 1. The van der Waals surface area contributed by atoms with Crippen LogP contribution in [0.4, 0.5) is 0 Å². The molecule has 0 saturated carbocycles. The van der Waals surface area contributed by atoms with Crippen molar-refractivity contribution in [2.24, 2.45) is 5.92 Å². The van der Waals surface area contributed by atoms with Gasteiger partial charge >= 0.3 is 19.8 Å². The summed E-state index contributed by atoms with van der Waals surface area (Å²) in [6.45, 7) is 6.75. The van der Waals surface area contributed by atoms with Gasteiger partial charge in [0.15, 0.2) is 6.10 Å². The Morgan fingerprint density at radius 1 is 0.453 bits per heavy atom. The molecular weight excluding hydrogens is 822 g/mol. The Labute approximate surface area is 397 Å². The van der Waals surface area contributed by atoms with E-state index in [1.54, 1.807) is 0 Å². The highest BCUT2D eigenvalue weighted by molar-refractivity contribution is 7.47. The number of phosphoric acid groups is 1. The van der Waals surface area contributed by atoms with E-state index in [0.29, 0.717) is 23.4 Å². The van der Waals surface area contributed by atoms with Gasteiger partial charge in [0, 0.05) is 12.8 Å². The number of hydrogen-bond donors (Lipinski definition) is 1. The second-order valence-electron chi connectivity index (χ2n) is 20.5. The van der Waals surface area contributed by atoms with Crippen molar-refractivity contribution in [2.45, 2.75) is 284 Å². The number of unbranched alkanes of at least 4 members (excludes halogenated alkanes) is 32. The van der Waals surface area contributed by atoms with Crippen molar-refractivity contribution in [2.75, 3.05) is 47.5 Å². The largest absolute Gasteiger partial charge is 0.472 e. The van der Waals surface area contributed by atoms with Gasteiger partial charge < -0.3 is 18.9 Å². The second-order valence-corrected chi connectivity index (χ2v) is 21.9. The molecule has 0 aliphatic carbocycles. The minimum Gasteiger partial charge on any atom is -0.462 e. The Kier molecular flexibility index (Phi) is 45.1. The number of carbonyl (C=O) groups excluding carboxylic acids is 2. The van der Waals surface area contributed by atoms with Crippen LogP contribution in [-0.2, 0) is 32.7 Å². The SMILES string of the molecule is CCCCCCCCCCCCCCCC(=O)O[C@H](COC(=O)CCC(CCCCCCCCCCCC)CCCCCCCCCCCCCC)COP(=O)(O)OCC[N+](C)(C)C. The third kappa shape index (κ3) is 47.5. The van der Waals surface area contributed by atoms with Gasteiger partial charge in [-0.25, -0.2) is 4.57 Å². The van der Waals surface area contributed by atoms with E-state index in [4.69, 9.17) is 18.5 Å². The number of likely N-dealkylation sites (N-methyl/N-ethyl adjacent to an activating group) is 1. The molecule has 10 heteroatoms. The summed E-state index contributed by atoms with van der Waals surface area (Å²) in [5.74, 6) is -0.247. The summed E-state index contributed by atoms with van der Waals surface area (Å²) in [5.41, 5.74) is 0. The molecule has 0 radical (unpaired) electrons. The van der Waals surface area contributed by atoms with Gasteiger partial charge in [-0.15, -0.1) is 0 Å². The van der Waals surface area contributed by atoms with Gasteiger partial charge in [-0.2, -0.15) is 0 Å². The van der Waals surface area contributed by atoms with E-state index < -0.39 is 26.5 Å². The molecule has 0 spiro atoms. The van der Waals surface area contributed by atoms with E-state index in [-0.39, 0.29) is 25.6 Å². The maximum Gasteiger partial charge on any atom is 0.472 e. The summed E-state index contributed by atoms with van der Waals surface area (Å²) >= 11 is 0. The highest BCUT2D eigenvalue weighted by Crippen LogP contribution is 2.43. The highest BCUT2D eigenvalue weighted by Gasteiger charge is 2.27. The third-order valence-corrected chi connectivity index (χ3v) is 13.8. The molecule has 3 atom stereocenters. The smallest absolute Gasteiger partial charge is 0.462 e. The van der Waals surface area contributed by atoms with Crippen LogP contribution in [0.25, 0.3) is 0 Å². The summed E-state index contributed by atoms with van der Waals surface area (Å²) in [5, 5.41) is 0. The topological polar surface area (TPSA) is 108 Å². The Hall–Kier alpha value is -0.990. The monoisotopic (exact) mass is 931 g/mol. The first-order chi connectivity index (χ1) is 30.9. The van der Waals surface area contributed by atoms with Gasteiger partial charge in [-0.05, 0) is 18.8 Å². The molecule has 0 aromatic rings. The number of nitrogens with zero attached hydrogens (tertiary/aromatic N) is 1. The highest BCUT2D eigenvalue weighted by atomic mass is 31.2. The number of ether oxygens (including phenoxy) is 2. The van der Waals surface area contributed by atoms with E-state index in [0.717, 1.165) is 38.5 Å². The minimum absolute atomic E-state index is 0.0370. The number of rotatable bonds is 51. The fourth-order valence-corrected chi connectivity index (χ4v) is 9.24. The molecule has 0 amide bonds. The van der Waals surface area contributed by atoms with Gasteiger partial charge in [0.1, 0.15) is 19.8 Å². The van der Waals surface area contributed by atoms with Gasteiger partial charge in [0.2, 0.25) is 0 Å². The standard InChI is InChI=1S/C54H108NO8P/c1-7-10-13-16-19-22-25-27-29-32-35-38-41-44-54(57)63-52(50-62-64(58,59)61-48-47-55(4,5)6)49-60-53(56)46-45-51(42-39-36-33-30-24-21-18-15-12-9-3)43-40-37-34-31-28-26-23-20-17-14-11-8-2/h51-52H,7-50H2,1-6H3/p+1/t51?,52-/m1/s1. The zero-order valence-electron chi connectivity index (χ0n) is 43.5. The molecule has 9 nitrogen and oxygen atoms in total. The maximum atomic E-state index is 13.2. The molecule has 64 heavy (non-hydrogen) atoms. The number of esters is 2. The van der Waals surface area contributed by atoms with Crippen molar-refractivity contribution in [1.82, 2.24) is 0 Å². The van der Waals surface area contributed by atoms with Crippen LogP contribution < -0.4 is 0 Å². The first-order valence-electron chi connectivity index (χ1n) is 27.7. The Bertz CT molecular complexity index is 1070. The fourth-order valence-electron chi connectivity index (χ4n) is 8.50. The van der Waals surface area contributed by atoms with Crippen LogP contribution in [-0.4, -0.2) is 74.9 Å². The molecule has 0 aliphatic heterocycles. The van der Waals surface area contributed by atoms with Crippen molar-refractivity contribution in [1.29, 1.82) is 0 Å². The van der Waals surface area contributed by atoms with Crippen LogP contribution in [0.3, 0.4) is 0 Å². The second kappa shape index (κ2) is 45.8. The van der Waals surface area contributed by atoms with E-state index >= 15 is 0 Å². The van der Waals surface area contributed by atoms with E-state index in [9.17, 15) is 19.0 Å². The number of carbonyl (C=O) groups is 2. The summed E-state index contributed by atoms with van der Waals surface area (Å²) in [7, 11) is 1.50. The lowest BCUT2D eigenvalue weighted by Crippen LogP contribution is -2.37.